The van der Waals surface area contributed by atoms with E-state index in [0.29, 0.717) is 49.2 Å². The van der Waals surface area contributed by atoms with Gasteiger partial charge >= 0.3 is 6.18 Å². The number of halogens is 4. The van der Waals surface area contributed by atoms with Crippen LogP contribution in [0.2, 0.25) is 0 Å². The summed E-state index contributed by atoms with van der Waals surface area (Å²) in [6.45, 7) is 0. The van der Waals surface area contributed by atoms with E-state index in [-0.39, 0.29) is 36.4 Å². The van der Waals surface area contributed by atoms with Crippen LogP contribution < -0.4 is 5.32 Å². The van der Waals surface area contributed by atoms with Crippen molar-refractivity contribution in [3.8, 4) is 11.5 Å². The second-order valence-electron chi connectivity index (χ2n) is 14.7. The van der Waals surface area contributed by atoms with E-state index in [0.717, 1.165) is 43.2 Å². The molecule has 8 nitrogen and oxygen atoms in total. The standard InChI is InChI=1S/C32H33F4N5O3/c33-21-16-28(25-39-27(44-41-25)31(10-11-31)32(34,35)36)6-8-30(21,9-7-28)22(37-26(42)29-13-17(14-29)15-29)19-2-1-3-20(12-19)24-38-23(40-43-24)18-4-5-18/h1-3,12,17-18,21-22H,4-11,13-16H2,(H,37,42). The lowest BCUT2D eigenvalue weighted by atomic mass is 9.44. The van der Waals surface area contributed by atoms with Gasteiger partial charge in [-0.25, -0.2) is 4.39 Å². The Kier molecular flexibility index (Phi) is 5.34. The van der Waals surface area contributed by atoms with Gasteiger partial charge in [-0.05, 0) is 101 Å². The highest BCUT2D eigenvalue weighted by Crippen LogP contribution is 2.66. The van der Waals surface area contributed by atoms with E-state index < -0.39 is 40.5 Å². The zero-order valence-corrected chi connectivity index (χ0v) is 24.1. The van der Waals surface area contributed by atoms with Crippen molar-refractivity contribution in [2.24, 2.45) is 16.7 Å². The quantitative estimate of drug-likeness (QED) is 0.280. The van der Waals surface area contributed by atoms with Gasteiger partial charge in [-0.3, -0.25) is 4.79 Å². The van der Waals surface area contributed by atoms with Crippen molar-refractivity contribution in [3.05, 3.63) is 47.4 Å². The molecule has 11 rings (SSSR count). The van der Waals surface area contributed by atoms with Gasteiger partial charge in [-0.1, -0.05) is 22.4 Å². The fourth-order valence-corrected chi connectivity index (χ4v) is 8.73. The number of aromatic nitrogens is 4. The summed E-state index contributed by atoms with van der Waals surface area (Å²) in [5, 5.41) is 11.5. The molecule has 8 fully saturated rings. The van der Waals surface area contributed by atoms with Gasteiger partial charge in [0.25, 0.3) is 5.89 Å². The number of alkyl halides is 4. The summed E-state index contributed by atoms with van der Waals surface area (Å²) in [6, 6.07) is 7.01. The number of carbonyl (C=O) groups excluding carboxylic acids is 1. The van der Waals surface area contributed by atoms with E-state index in [2.05, 4.69) is 25.6 Å². The predicted molar refractivity (Wildman–Crippen MR) is 146 cm³/mol. The minimum Gasteiger partial charge on any atom is -0.348 e. The van der Waals surface area contributed by atoms with Gasteiger partial charge in [-0.15, -0.1) is 0 Å². The van der Waals surface area contributed by atoms with Gasteiger partial charge in [0.2, 0.25) is 11.8 Å². The first kappa shape index (κ1) is 27.0. The zero-order valence-electron chi connectivity index (χ0n) is 24.1. The van der Waals surface area contributed by atoms with Crippen LogP contribution >= 0.6 is 0 Å². The first-order valence-corrected chi connectivity index (χ1v) is 15.9. The maximum absolute atomic E-state index is 16.8. The summed E-state index contributed by atoms with van der Waals surface area (Å²) in [7, 11) is 0. The van der Waals surface area contributed by atoms with Gasteiger partial charge in [-0.2, -0.15) is 23.1 Å². The number of hydrogen-bond donors (Lipinski definition) is 1. The Morgan fingerprint density at radius 1 is 0.955 bits per heavy atom. The van der Waals surface area contributed by atoms with Gasteiger partial charge in [0.15, 0.2) is 11.6 Å². The average molecular weight is 612 g/mol. The summed E-state index contributed by atoms with van der Waals surface area (Å²) >= 11 is 0. The van der Waals surface area contributed by atoms with E-state index >= 15 is 4.39 Å². The summed E-state index contributed by atoms with van der Waals surface area (Å²) < 4.78 is 68.8. The molecular formula is C32H33F4N5O3. The molecule has 8 saturated carbocycles. The number of hydrogen-bond acceptors (Lipinski definition) is 7. The molecule has 12 heteroatoms. The third kappa shape index (κ3) is 3.71. The summed E-state index contributed by atoms with van der Waals surface area (Å²) in [5.74, 6) is 1.81. The predicted octanol–water partition coefficient (Wildman–Crippen LogP) is 6.79. The molecule has 1 N–H and O–H groups in total. The number of rotatable bonds is 8. The minimum atomic E-state index is -4.47. The van der Waals surface area contributed by atoms with Crippen LogP contribution in [0.25, 0.3) is 11.5 Å². The minimum absolute atomic E-state index is 0.0158. The second-order valence-corrected chi connectivity index (χ2v) is 14.7. The largest absolute Gasteiger partial charge is 0.403 e. The molecule has 232 valence electrons. The van der Waals surface area contributed by atoms with E-state index in [1.807, 2.05) is 24.3 Å². The molecule has 0 aliphatic heterocycles. The van der Waals surface area contributed by atoms with Crippen molar-refractivity contribution in [1.82, 2.24) is 25.6 Å². The van der Waals surface area contributed by atoms with E-state index in [9.17, 15) is 18.0 Å². The molecule has 1 aromatic carbocycles. The highest BCUT2D eigenvalue weighted by atomic mass is 19.4. The molecule has 8 aliphatic rings. The topological polar surface area (TPSA) is 107 Å². The monoisotopic (exact) mass is 611 g/mol. The molecule has 44 heavy (non-hydrogen) atoms. The molecule has 2 atom stereocenters. The van der Waals surface area contributed by atoms with Crippen molar-refractivity contribution in [1.29, 1.82) is 0 Å². The second kappa shape index (κ2) is 8.69. The molecule has 0 spiro atoms. The molecule has 4 bridgehead atoms. The number of amides is 1. The van der Waals surface area contributed by atoms with Crippen molar-refractivity contribution in [2.75, 3.05) is 0 Å². The maximum Gasteiger partial charge on any atom is 0.403 e. The van der Waals surface area contributed by atoms with E-state index in [1.165, 1.54) is 0 Å². The molecule has 2 heterocycles. The molecule has 0 radical (unpaired) electrons. The number of benzene rings is 1. The van der Waals surface area contributed by atoms with Gasteiger partial charge in [0.1, 0.15) is 11.6 Å². The van der Waals surface area contributed by atoms with Gasteiger partial charge in [0.05, 0.1) is 6.04 Å². The Labute approximate surface area is 250 Å². The number of nitrogens with one attached hydrogen (secondary N) is 1. The SMILES string of the molecule is O=C(NC(c1cccc(-c2nc(C3CC3)no2)c1)C12CCC(c3noc(C4(C(F)(F)F)CC4)n3)(CC1)CC2F)C12CC(C1)C2. The van der Waals surface area contributed by atoms with Crippen LogP contribution in [0.3, 0.4) is 0 Å². The Bertz CT molecular complexity index is 1630. The van der Waals surface area contributed by atoms with Crippen LogP contribution in [0.1, 0.15) is 112 Å². The van der Waals surface area contributed by atoms with Crippen LogP contribution in [0.4, 0.5) is 17.6 Å². The van der Waals surface area contributed by atoms with Crippen molar-refractivity contribution >= 4 is 5.91 Å². The summed E-state index contributed by atoms with van der Waals surface area (Å²) in [5.41, 5.74) is -2.59. The molecule has 2 aromatic heterocycles. The lowest BCUT2D eigenvalue weighted by Gasteiger charge is -2.61. The van der Waals surface area contributed by atoms with Crippen LogP contribution in [0.5, 0.6) is 0 Å². The van der Waals surface area contributed by atoms with Gasteiger partial charge < -0.3 is 14.4 Å². The van der Waals surface area contributed by atoms with Gasteiger partial charge in [0, 0.05) is 27.7 Å². The van der Waals surface area contributed by atoms with Crippen LogP contribution in [0.15, 0.2) is 33.3 Å². The van der Waals surface area contributed by atoms with Crippen molar-refractivity contribution in [2.45, 2.75) is 112 Å². The highest BCUT2D eigenvalue weighted by Gasteiger charge is 2.69. The van der Waals surface area contributed by atoms with Crippen LogP contribution in [0, 0.1) is 16.7 Å². The maximum atomic E-state index is 16.8. The average Bonchev–Trinajstić information content (AvgIpc) is 3.87. The zero-order chi connectivity index (χ0) is 30.1. The highest BCUT2D eigenvalue weighted by molar-refractivity contribution is 5.86. The Morgan fingerprint density at radius 3 is 2.32 bits per heavy atom. The third-order valence-electron chi connectivity index (χ3n) is 12.2. The first-order chi connectivity index (χ1) is 21.0. The van der Waals surface area contributed by atoms with Crippen molar-refractivity contribution < 1.29 is 31.4 Å². The Balaban J connectivity index is 1.03. The summed E-state index contributed by atoms with van der Waals surface area (Å²) in [6.07, 6.45) is 0.713. The molecule has 8 aliphatic carbocycles. The van der Waals surface area contributed by atoms with E-state index in [1.54, 1.807) is 0 Å². The van der Waals surface area contributed by atoms with Crippen LogP contribution in [-0.2, 0) is 15.6 Å². The van der Waals surface area contributed by atoms with Crippen LogP contribution in [-0.4, -0.2) is 38.5 Å². The Hall–Kier alpha value is -3.31. The lowest BCUT2D eigenvalue weighted by Crippen LogP contribution is -2.63. The fourth-order valence-electron chi connectivity index (χ4n) is 8.73. The normalized spacial score (nSPS) is 35.5. The van der Waals surface area contributed by atoms with Crippen molar-refractivity contribution in [3.63, 3.8) is 0 Å². The smallest absolute Gasteiger partial charge is 0.348 e. The lowest BCUT2D eigenvalue weighted by molar-refractivity contribution is -0.169. The third-order valence-corrected chi connectivity index (χ3v) is 12.2. The van der Waals surface area contributed by atoms with E-state index in [4.69, 9.17) is 9.05 Å². The number of carbonyl (C=O) groups is 1. The molecular weight excluding hydrogens is 578 g/mol. The molecule has 1 amide bonds. The first-order valence-electron chi connectivity index (χ1n) is 15.9. The molecule has 3 aromatic rings. The fraction of sp³-hybridized carbons (Fsp3) is 0.656. The summed E-state index contributed by atoms with van der Waals surface area (Å²) in [4.78, 5) is 22.6. The Morgan fingerprint density at radius 2 is 1.70 bits per heavy atom. The number of nitrogens with zero attached hydrogens (tertiary/aromatic N) is 4. The molecule has 0 saturated heterocycles. The number of fused-ring (bicyclic) bond motifs is 3. The molecule has 2 unspecified atom stereocenters.